The number of hydrogen-bond donors (Lipinski definition) is 0. The van der Waals surface area contributed by atoms with Crippen LogP contribution in [0.5, 0.6) is 0 Å². The third-order valence-electron chi connectivity index (χ3n) is 7.57. The predicted molar refractivity (Wildman–Crippen MR) is 171 cm³/mol. The zero-order chi connectivity index (χ0) is 27.1. The van der Waals surface area contributed by atoms with Crippen LogP contribution in [0.2, 0.25) is 0 Å². The summed E-state index contributed by atoms with van der Waals surface area (Å²) in [5.41, 5.74) is 12.7. The molecule has 0 saturated heterocycles. The normalized spacial score (nSPS) is 11.1. The molecule has 0 saturated carbocycles. The van der Waals surface area contributed by atoms with Gasteiger partial charge in [0.1, 0.15) is 0 Å². The molecule has 1 radical (unpaired) electrons. The molecule has 0 aliphatic rings. The van der Waals surface area contributed by atoms with Gasteiger partial charge in [-0.15, -0.1) is 0 Å². The number of hydrogen-bond acceptors (Lipinski definition) is 0. The fourth-order valence-corrected chi connectivity index (χ4v) is 5.82. The molecule has 6 aromatic carbocycles. The lowest BCUT2D eigenvalue weighted by molar-refractivity contribution is 0.850. The summed E-state index contributed by atoms with van der Waals surface area (Å²) in [6.45, 7) is 2.28. The minimum absolute atomic E-state index is 0.982. The monoisotopic (exact) mass is 513 g/mol. The van der Waals surface area contributed by atoms with Crippen LogP contribution >= 0.6 is 0 Å². The van der Waals surface area contributed by atoms with E-state index in [2.05, 4.69) is 165 Å². The van der Waals surface area contributed by atoms with Crippen LogP contribution in [0.25, 0.3) is 44.5 Å². The molecule has 0 N–H and O–H groups in total. The molecule has 6 rings (SSSR count). The van der Waals surface area contributed by atoms with Gasteiger partial charge in [0.15, 0.2) is 0 Å². The molecule has 0 heterocycles. The van der Waals surface area contributed by atoms with Gasteiger partial charge in [-0.1, -0.05) is 171 Å². The molecule has 0 fully saturated rings. The van der Waals surface area contributed by atoms with Gasteiger partial charge in [-0.25, -0.2) is 0 Å². The SMILES string of the molecule is CCC[C](c1cccc(-c2ccccc2)c1-c1ccccc1)c1cccc(-c2ccccc2)c1-c1ccccc1. The second-order valence-corrected chi connectivity index (χ2v) is 10.1. The van der Waals surface area contributed by atoms with Crippen molar-refractivity contribution in [1.29, 1.82) is 0 Å². The minimum atomic E-state index is 0.982. The first kappa shape index (κ1) is 25.6. The topological polar surface area (TPSA) is 0 Å². The molecule has 6 aromatic rings. The van der Waals surface area contributed by atoms with Gasteiger partial charge in [0.05, 0.1) is 0 Å². The van der Waals surface area contributed by atoms with Crippen LogP contribution in [-0.2, 0) is 0 Å². The molecule has 193 valence electrons. The predicted octanol–water partition coefficient (Wildman–Crippen LogP) is 11.1. The zero-order valence-corrected chi connectivity index (χ0v) is 22.9. The fraction of sp³-hybridized carbons (Fsp3) is 0.0750. The Bertz CT molecular complexity index is 1540. The van der Waals surface area contributed by atoms with E-state index in [1.165, 1.54) is 61.6 Å². The van der Waals surface area contributed by atoms with E-state index in [0.717, 1.165) is 12.8 Å². The molecule has 40 heavy (non-hydrogen) atoms. The highest BCUT2D eigenvalue weighted by atomic mass is 14.3. The van der Waals surface area contributed by atoms with E-state index >= 15 is 0 Å². The summed E-state index contributed by atoms with van der Waals surface area (Å²) >= 11 is 0. The molecule has 0 spiro atoms. The van der Waals surface area contributed by atoms with Crippen molar-refractivity contribution in [2.45, 2.75) is 19.8 Å². The molecule has 0 aliphatic heterocycles. The van der Waals surface area contributed by atoms with Gasteiger partial charge < -0.3 is 0 Å². The Hall–Kier alpha value is -4.68. The van der Waals surface area contributed by atoms with Gasteiger partial charge in [-0.2, -0.15) is 0 Å². The quantitative estimate of drug-likeness (QED) is 0.190. The molecule has 0 nitrogen and oxygen atoms in total. The average molecular weight is 514 g/mol. The van der Waals surface area contributed by atoms with Crippen LogP contribution in [0.3, 0.4) is 0 Å². The van der Waals surface area contributed by atoms with Crippen LogP contribution in [0, 0.1) is 5.92 Å². The summed E-state index contributed by atoms with van der Waals surface area (Å²) < 4.78 is 0. The molecule has 0 amide bonds. The van der Waals surface area contributed by atoms with Crippen molar-refractivity contribution in [3.05, 3.63) is 175 Å². The summed E-state index contributed by atoms with van der Waals surface area (Å²) in [5, 5.41) is 0. The van der Waals surface area contributed by atoms with Crippen molar-refractivity contribution in [3.8, 4) is 44.5 Å². The standard InChI is InChI=1S/C40H33/c1-2-17-36(37-28-15-26-34(30-18-7-3-8-19-30)39(37)32-22-11-5-12-23-32)38-29-16-27-35(31-20-9-4-10-21-31)40(38)33-24-13-6-14-25-33/h3-16,18-29H,2,17H2,1H3. The number of rotatable bonds is 8. The van der Waals surface area contributed by atoms with E-state index in [9.17, 15) is 0 Å². The van der Waals surface area contributed by atoms with Crippen LogP contribution < -0.4 is 0 Å². The van der Waals surface area contributed by atoms with Crippen LogP contribution in [0.15, 0.2) is 158 Å². The summed E-state index contributed by atoms with van der Waals surface area (Å²) in [5.74, 6) is 1.38. The van der Waals surface area contributed by atoms with E-state index < -0.39 is 0 Å². The van der Waals surface area contributed by atoms with Gasteiger partial charge in [-0.05, 0) is 62.1 Å². The Kier molecular flexibility index (Phi) is 7.69. The highest BCUT2D eigenvalue weighted by molar-refractivity contribution is 5.91. The van der Waals surface area contributed by atoms with E-state index in [4.69, 9.17) is 0 Å². The van der Waals surface area contributed by atoms with Crippen molar-refractivity contribution >= 4 is 0 Å². The fourth-order valence-electron chi connectivity index (χ4n) is 5.82. The van der Waals surface area contributed by atoms with Gasteiger partial charge in [0.25, 0.3) is 0 Å². The second kappa shape index (κ2) is 12.0. The maximum absolute atomic E-state index is 2.32. The maximum atomic E-state index is 2.32. The molecule has 0 aromatic heterocycles. The van der Waals surface area contributed by atoms with Crippen LogP contribution in [-0.4, -0.2) is 0 Å². The van der Waals surface area contributed by atoms with Crippen LogP contribution in [0.1, 0.15) is 30.9 Å². The van der Waals surface area contributed by atoms with Gasteiger partial charge in [0, 0.05) is 5.92 Å². The Morgan fingerprint density at radius 3 is 1.07 bits per heavy atom. The van der Waals surface area contributed by atoms with Crippen molar-refractivity contribution in [3.63, 3.8) is 0 Å². The highest BCUT2D eigenvalue weighted by Crippen LogP contribution is 2.45. The third kappa shape index (κ3) is 5.14. The smallest absolute Gasteiger partial charge is 0.0353 e. The maximum Gasteiger partial charge on any atom is 0.0353 e. The summed E-state index contributed by atoms with van der Waals surface area (Å²) in [4.78, 5) is 0. The number of benzene rings is 6. The Morgan fingerprint density at radius 2 is 0.725 bits per heavy atom. The Labute approximate surface area is 238 Å². The first-order valence-electron chi connectivity index (χ1n) is 14.2. The molecule has 0 bridgehead atoms. The Balaban J connectivity index is 1.65. The first-order valence-corrected chi connectivity index (χ1v) is 14.2. The first-order chi connectivity index (χ1) is 19.8. The molecule has 0 aliphatic carbocycles. The lowest BCUT2D eigenvalue weighted by Crippen LogP contribution is -2.08. The van der Waals surface area contributed by atoms with E-state index in [1.54, 1.807) is 0 Å². The van der Waals surface area contributed by atoms with Crippen molar-refractivity contribution in [2.24, 2.45) is 0 Å². The largest absolute Gasteiger partial charge is 0.0653 e. The third-order valence-corrected chi connectivity index (χ3v) is 7.57. The van der Waals surface area contributed by atoms with Gasteiger partial charge in [-0.3, -0.25) is 0 Å². The second-order valence-electron chi connectivity index (χ2n) is 10.1. The van der Waals surface area contributed by atoms with E-state index in [-0.39, 0.29) is 0 Å². The van der Waals surface area contributed by atoms with E-state index in [1.807, 2.05) is 0 Å². The van der Waals surface area contributed by atoms with Crippen molar-refractivity contribution in [2.75, 3.05) is 0 Å². The minimum Gasteiger partial charge on any atom is -0.0653 e. The lowest BCUT2D eigenvalue weighted by atomic mass is 9.77. The molecular formula is C40H33. The molecule has 0 unspecified atom stereocenters. The molecule has 0 atom stereocenters. The van der Waals surface area contributed by atoms with E-state index in [0.29, 0.717) is 0 Å². The van der Waals surface area contributed by atoms with Crippen molar-refractivity contribution < 1.29 is 0 Å². The van der Waals surface area contributed by atoms with Gasteiger partial charge >= 0.3 is 0 Å². The summed E-state index contributed by atoms with van der Waals surface area (Å²) in [7, 11) is 0. The molecular weight excluding hydrogens is 480 g/mol. The average Bonchev–Trinajstić information content (AvgIpc) is 3.04. The van der Waals surface area contributed by atoms with Gasteiger partial charge in [0.2, 0.25) is 0 Å². The molecule has 0 heteroatoms. The summed E-state index contributed by atoms with van der Waals surface area (Å²) in [6.07, 6.45) is 2.04. The highest BCUT2D eigenvalue weighted by Gasteiger charge is 2.25. The van der Waals surface area contributed by atoms with Crippen LogP contribution in [0.4, 0.5) is 0 Å². The Morgan fingerprint density at radius 1 is 0.375 bits per heavy atom. The summed E-state index contributed by atoms with van der Waals surface area (Å²) in [6, 6.07) is 57.0. The zero-order valence-electron chi connectivity index (χ0n) is 22.9. The van der Waals surface area contributed by atoms with Crippen molar-refractivity contribution in [1.82, 2.24) is 0 Å². The lowest BCUT2D eigenvalue weighted by Gasteiger charge is -2.26.